The Morgan fingerprint density at radius 3 is 0.818 bits per heavy atom. The van der Waals surface area contributed by atoms with Gasteiger partial charge in [0.2, 0.25) is 0 Å². The van der Waals surface area contributed by atoms with Gasteiger partial charge in [-0.1, -0.05) is 255 Å². The molecule has 5 heteroatoms. The van der Waals surface area contributed by atoms with Gasteiger partial charge in [-0.15, -0.1) is 11.8 Å². The van der Waals surface area contributed by atoms with E-state index >= 15 is 0 Å². The molecule has 0 saturated heterocycles. The van der Waals surface area contributed by atoms with Gasteiger partial charge in [0.25, 0.3) is 0 Å². The topological polar surface area (TPSA) is 0 Å². The second-order valence-electron chi connectivity index (χ2n) is 13.3. The van der Waals surface area contributed by atoms with Crippen molar-refractivity contribution in [3.8, 4) is 0 Å². The third-order valence-electron chi connectivity index (χ3n) is 9.48. The predicted molar refractivity (Wildman–Crippen MR) is 258 cm³/mol. The Hall–Kier alpha value is -2.54. The first-order chi connectivity index (χ1) is 27.1. The summed E-state index contributed by atoms with van der Waals surface area (Å²) in [6.07, 6.45) is 10.5. The van der Waals surface area contributed by atoms with Crippen LogP contribution in [0.4, 0.5) is 0 Å². The normalized spacial score (nSPS) is 11.1. The van der Waals surface area contributed by atoms with Crippen LogP contribution in [0.3, 0.4) is 0 Å². The first kappa shape index (κ1) is 45.2. The maximum absolute atomic E-state index is 5.09. The molecule has 55 heavy (non-hydrogen) atoms. The maximum atomic E-state index is 5.09. The molecule has 0 aliphatic rings. The molecular formula is C50H55Br3S2. The van der Waals surface area contributed by atoms with E-state index in [4.69, 9.17) is 12.6 Å². The van der Waals surface area contributed by atoms with Crippen LogP contribution in [-0.4, -0.2) is 21.7 Å². The Labute approximate surface area is 367 Å². The summed E-state index contributed by atoms with van der Waals surface area (Å²) >= 11 is 17.5. The summed E-state index contributed by atoms with van der Waals surface area (Å²) in [6.45, 7) is 0. The van der Waals surface area contributed by atoms with Gasteiger partial charge in [-0.2, -0.15) is 12.6 Å². The minimum absolute atomic E-state index is 0.167. The van der Waals surface area contributed by atoms with Gasteiger partial charge in [-0.3, -0.25) is 0 Å². The van der Waals surface area contributed by atoms with Crippen LogP contribution in [-0.2, 0) is 9.49 Å². The quantitative estimate of drug-likeness (QED) is 0.0388. The van der Waals surface area contributed by atoms with Crippen LogP contribution in [0, 0.1) is 0 Å². The van der Waals surface area contributed by atoms with Gasteiger partial charge >= 0.3 is 0 Å². The average molecular weight is 960 g/mol. The zero-order chi connectivity index (χ0) is 38.9. The Morgan fingerprint density at radius 1 is 0.327 bits per heavy atom. The fraction of sp³-hybridized carbons (Fsp3) is 0.280. The summed E-state index contributed by atoms with van der Waals surface area (Å²) < 4.78 is -0.594. The number of alkyl halides is 3. The zero-order valence-electron chi connectivity index (χ0n) is 31.8. The monoisotopic (exact) mass is 956 g/mol. The number of unbranched alkanes of at least 4 members (excludes halogenated alkanes) is 6. The molecule has 6 aromatic rings. The molecule has 288 valence electrons. The fourth-order valence-corrected chi connectivity index (χ4v) is 9.82. The number of thiol groups is 1. The van der Waals surface area contributed by atoms with Crippen molar-refractivity contribution in [3.63, 3.8) is 0 Å². The highest BCUT2D eigenvalue weighted by atomic mass is 79.9. The molecule has 6 rings (SSSR count). The zero-order valence-corrected chi connectivity index (χ0v) is 38.3. The molecule has 0 aliphatic heterocycles. The lowest BCUT2D eigenvalue weighted by Gasteiger charge is -2.35. The van der Waals surface area contributed by atoms with Gasteiger partial charge < -0.3 is 0 Å². The number of rotatable bonds is 18. The lowest BCUT2D eigenvalue weighted by atomic mass is 9.84. The molecule has 0 amide bonds. The van der Waals surface area contributed by atoms with Crippen molar-refractivity contribution in [1.82, 2.24) is 0 Å². The lowest BCUT2D eigenvalue weighted by Crippen LogP contribution is -2.26. The molecule has 0 atom stereocenters. The number of thioether (sulfide) groups is 1. The molecule has 0 spiro atoms. The van der Waals surface area contributed by atoms with Crippen molar-refractivity contribution in [2.45, 2.75) is 60.9 Å². The Bertz CT molecular complexity index is 1610. The number of halogens is 3. The van der Waals surface area contributed by atoms with Crippen LogP contribution in [0.5, 0.6) is 0 Å². The first-order valence-corrected chi connectivity index (χ1v) is 24.3. The van der Waals surface area contributed by atoms with E-state index in [0.29, 0.717) is 0 Å². The molecule has 0 nitrogen and oxygen atoms in total. The van der Waals surface area contributed by atoms with Crippen LogP contribution in [0.1, 0.15) is 84.7 Å². The molecule has 0 unspecified atom stereocenters. The lowest BCUT2D eigenvalue weighted by molar-refractivity contribution is 0.711. The molecule has 0 fully saturated rings. The van der Waals surface area contributed by atoms with E-state index in [-0.39, 0.29) is 4.75 Å². The number of hydrogen-bond donors (Lipinski definition) is 1. The molecule has 6 aromatic carbocycles. The van der Waals surface area contributed by atoms with Crippen LogP contribution >= 0.6 is 72.2 Å². The van der Waals surface area contributed by atoms with Crippen molar-refractivity contribution in [3.05, 3.63) is 215 Å². The molecule has 0 N–H and O–H groups in total. The largest absolute Gasteiger partial charge is 0.158 e. The summed E-state index contributed by atoms with van der Waals surface area (Å²) in [5.41, 5.74) is 7.61. The van der Waals surface area contributed by atoms with Gasteiger partial charge in [0.05, 0.1) is 9.49 Å². The van der Waals surface area contributed by atoms with Crippen molar-refractivity contribution < 1.29 is 0 Å². The molecular weight excluding hydrogens is 904 g/mol. The number of hydrogen-bond acceptors (Lipinski definition) is 2. The standard InChI is InChI=1S/C25H27BrS.C19H16S.C6H12Br2/c26-20-12-1-2-13-21-27-25(22-14-6-3-7-15-22,23-16-8-4-9-17-23)24-18-10-5-11-19-24;20-19(16-10-4-1-5-11-16,17-12-6-2-7-13-17)18-14-8-3-9-15-18;7-5-3-1-2-4-6-8/h3-11,14-19H,1-2,12-13,20-21H2;1-15,20H;1-6H2. The molecule has 0 aromatic heterocycles. The highest BCUT2D eigenvalue weighted by Crippen LogP contribution is 2.48. The van der Waals surface area contributed by atoms with E-state index in [1.165, 1.54) is 84.7 Å². The maximum Gasteiger partial charge on any atom is 0.0906 e. The SMILES string of the molecule is BrCCCCCCBr.BrCCCCCCSC(c1ccccc1)(c1ccccc1)c1ccccc1.SC(c1ccccc1)(c1ccccc1)c1ccccc1. The number of benzene rings is 6. The van der Waals surface area contributed by atoms with E-state index in [1.807, 2.05) is 18.2 Å². The minimum atomic E-state index is -0.427. The van der Waals surface area contributed by atoms with Crippen molar-refractivity contribution in [2.75, 3.05) is 21.7 Å². The molecule has 0 aliphatic carbocycles. The van der Waals surface area contributed by atoms with Crippen LogP contribution in [0.25, 0.3) is 0 Å². The van der Waals surface area contributed by atoms with E-state index in [9.17, 15) is 0 Å². The molecule has 0 saturated carbocycles. The van der Waals surface area contributed by atoms with E-state index in [2.05, 4.69) is 223 Å². The second-order valence-corrected chi connectivity index (χ2v) is 17.7. The van der Waals surface area contributed by atoms with Crippen molar-refractivity contribution >= 4 is 72.2 Å². The first-order valence-electron chi connectivity index (χ1n) is 19.5. The molecule has 0 radical (unpaired) electrons. The Morgan fingerprint density at radius 2 is 0.564 bits per heavy atom. The van der Waals surface area contributed by atoms with Crippen molar-refractivity contribution in [2.24, 2.45) is 0 Å². The third-order valence-corrected chi connectivity index (χ3v) is 13.6. The highest BCUT2D eigenvalue weighted by molar-refractivity contribution is 9.09. The Kier molecular flexibility index (Phi) is 21.7. The third kappa shape index (κ3) is 13.8. The van der Waals surface area contributed by atoms with E-state index < -0.39 is 4.75 Å². The second kappa shape index (κ2) is 26.4. The molecule has 0 heterocycles. The van der Waals surface area contributed by atoms with Crippen molar-refractivity contribution in [1.29, 1.82) is 0 Å². The summed E-state index contributed by atoms with van der Waals surface area (Å²) in [5.74, 6) is 1.15. The van der Waals surface area contributed by atoms with Gasteiger partial charge in [-0.05, 0) is 64.8 Å². The highest BCUT2D eigenvalue weighted by Gasteiger charge is 2.36. The smallest absolute Gasteiger partial charge is 0.0906 e. The summed E-state index contributed by atoms with van der Waals surface area (Å²) in [6, 6.07) is 64.2. The van der Waals surface area contributed by atoms with Crippen LogP contribution in [0.15, 0.2) is 182 Å². The Balaban J connectivity index is 0.000000210. The van der Waals surface area contributed by atoms with Crippen LogP contribution < -0.4 is 0 Å². The van der Waals surface area contributed by atoms with Gasteiger partial charge in [-0.25, -0.2) is 0 Å². The summed E-state index contributed by atoms with van der Waals surface area (Å²) in [5, 5.41) is 3.44. The minimum Gasteiger partial charge on any atom is -0.158 e. The van der Waals surface area contributed by atoms with Gasteiger partial charge in [0, 0.05) is 16.0 Å². The van der Waals surface area contributed by atoms with E-state index in [1.54, 1.807) is 0 Å². The van der Waals surface area contributed by atoms with Crippen LogP contribution in [0.2, 0.25) is 0 Å². The van der Waals surface area contributed by atoms with Gasteiger partial charge in [0.1, 0.15) is 0 Å². The van der Waals surface area contributed by atoms with E-state index in [0.717, 1.165) is 21.7 Å². The molecule has 0 bridgehead atoms. The summed E-state index contributed by atoms with van der Waals surface area (Å²) in [4.78, 5) is 0. The average Bonchev–Trinajstić information content (AvgIpc) is 3.27. The fourth-order valence-electron chi connectivity index (χ4n) is 6.62. The summed E-state index contributed by atoms with van der Waals surface area (Å²) in [7, 11) is 0. The predicted octanol–water partition coefficient (Wildman–Crippen LogP) is 15.9. The van der Waals surface area contributed by atoms with Gasteiger partial charge in [0.15, 0.2) is 0 Å².